The standard InChI is InChI=1S/C21H21N9O/c1-11(2)16(20-23-6-4-7-24-20)28-18-15(19-25-12-5-8-22-9-13(12)26-19)21(31)27-14-10-30(3)29-17(14)18/h4-11,16,28H,1-3H3,(H,25,26)(H,27,31). The fourth-order valence-electron chi connectivity index (χ4n) is 3.68. The van der Waals surface area contributed by atoms with E-state index in [9.17, 15) is 4.79 Å². The number of aromatic amines is 2. The molecule has 1 unspecified atom stereocenters. The predicted octanol–water partition coefficient (Wildman–Crippen LogP) is 2.80. The van der Waals surface area contributed by atoms with Gasteiger partial charge in [-0.05, 0) is 18.1 Å². The number of imidazole rings is 1. The number of fused-ring (bicyclic) bond motifs is 2. The molecule has 0 radical (unpaired) electrons. The molecule has 0 aliphatic carbocycles. The topological polar surface area (TPSA) is 130 Å². The Morgan fingerprint density at radius 2 is 1.90 bits per heavy atom. The minimum Gasteiger partial charge on any atom is -0.372 e. The van der Waals surface area contributed by atoms with Crippen LogP contribution in [0.1, 0.15) is 25.7 Å². The number of rotatable bonds is 5. The van der Waals surface area contributed by atoms with E-state index in [1.54, 1.807) is 41.7 Å². The first-order valence-corrected chi connectivity index (χ1v) is 9.94. The zero-order valence-corrected chi connectivity index (χ0v) is 17.3. The van der Waals surface area contributed by atoms with Gasteiger partial charge >= 0.3 is 0 Å². The summed E-state index contributed by atoms with van der Waals surface area (Å²) in [5, 5.41) is 8.10. The lowest BCUT2D eigenvalue weighted by Gasteiger charge is -2.23. The molecule has 0 bridgehead atoms. The van der Waals surface area contributed by atoms with Gasteiger partial charge in [0.05, 0.1) is 29.0 Å². The molecule has 0 aliphatic heterocycles. The third kappa shape index (κ3) is 3.31. The number of hydrogen-bond donors (Lipinski definition) is 3. The molecule has 3 N–H and O–H groups in total. The summed E-state index contributed by atoms with van der Waals surface area (Å²) >= 11 is 0. The van der Waals surface area contributed by atoms with Gasteiger partial charge in [0.1, 0.15) is 22.4 Å². The van der Waals surface area contributed by atoms with Crippen LogP contribution < -0.4 is 10.9 Å². The van der Waals surface area contributed by atoms with Crippen LogP contribution in [0.4, 0.5) is 5.69 Å². The highest BCUT2D eigenvalue weighted by Crippen LogP contribution is 2.34. The van der Waals surface area contributed by atoms with Crippen LogP contribution in [0, 0.1) is 5.92 Å². The average Bonchev–Trinajstić information content (AvgIpc) is 3.34. The predicted molar refractivity (Wildman–Crippen MR) is 117 cm³/mol. The lowest BCUT2D eigenvalue weighted by molar-refractivity contribution is 0.521. The van der Waals surface area contributed by atoms with Gasteiger partial charge in [-0.3, -0.25) is 14.5 Å². The molecule has 0 spiro atoms. The van der Waals surface area contributed by atoms with Gasteiger partial charge in [-0.15, -0.1) is 0 Å². The van der Waals surface area contributed by atoms with E-state index < -0.39 is 0 Å². The van der Waals surface area contributed by atoms with Crippen LogP contribution in [0.5, 0.6) is 0 Å². The summed E-state index contributed by atoms with van der Waals surface area (Å²) < 4.78 is 1.67. The second-order valence-electron chi connectivity index (χ2n) is 7.72. The molecular formula is C21H21N9O. The maximum Gasteiger partial charge on any atom is 0.261 e. The highest BCUT2D eigenvalue weighted by atomic mass is 16.1. The molecule has 1 atom stereocenters. The summed E-state index contributed by atoms with van der Waals surface area (Å²) in [5.41, 5.74) is 3.43. The highest BCUT2D eigenvalue weighted by molar-refractivity contribution is 5.96. The van der Waals surface area contributed by atoms with Crippen molar-refractivity contribution in [2.24, 2.45) is 13.0 Å². The van der Waals surface area contributed by atoms with Gasteiger partial charge in [0, 0.05) is 31.8 Å². The van der Waals surface area contributed by atoms with Crippen molar-refractivity contribution in [3.8, 4) is 11.4 Å². The average molecular weight is 415 g/mol. The van der Waals surface area contributed by atoms with Crippen molar-refractivity contribution in [3.63, 3.8) is 0 Å². The summed E-state index contributed by atoms with van der Waals surface area (Å²) in [7, 11) is 1.81. The van der Waals surface area contributed by atoms with E-state index in [1.165, 1.54) is 0 Å². The van der Waals surface area contributed by atoms with Crippen LogP contribution in [-0.4, -0.2) is 39.7 Å². The Morgan fingerprint density at radius 1 is 1.10 bits per heavy atom. The second-order valence-corrected chi connectivity index (χ2v) is 7.72. The normalized spacial score (nSPS) is 12.6. The highest BCUT2D eigenvalue weighted by Gasteiger charge is 2.25. The number of aromatic nitrogens is 8. The molecule has 10 heteroatoms. The Balaban J connectivity index is 1.75. The number of nitrogens with zero attached hydrogens (tertiary/aromatic N) is 6. The van der Waals surface area contributed by atoms with Gasteiger partial charge in [0.25, 0.3) is 5.56 Å². The van der Waals surface area contributed by atoms with Crippen molar-refractivity contribution in [1.29, 1.82) is 0 Å². The Bertz CT molecular complexity index is 1400. The van der Waals surface area contributed by atoms with E-state index in [0.717, 1.165) is 5.52 Å². The number of nitrogens with one attached hydrogen (secondary N) is 3. The van der Waals surface area contributed by atoms with Gasteiger partial charge in [0.2, 0.25) is 0 Å². The number of anilines is 1. The summed E-state index contributed by atoms with van der Waals surface area (Å²) in [5.74, 6) is 1.23. The van der Waals surface area contributed by atoms with Crippen molar-refractivity contribution in [3.05, 3.63) is 59.3 Å². The maximum absolute atomic E-state index is 13.2. The molecular weight excluding hydrogens is 394 g/mol. The molecule has 10 nitrogen and oxygen atoms in total. The first-order chi connectivity index (χ1) is 15.0. The van der Waals surface area contributed by atoms with Crippen molar-refractivity contribution in [1.82, 2.24) is 39.7 Å². The van der Waals surface area contributed by atoms with E-state index in [0.29, 0.717) is 39.4 Å². The molecule has 5 rings (SSSR count). The van der Waals surface area contributed by atoms with E-state index >= 15 is 0 Å². The molecule has 0 saturated heterocycles. The number of aryl methyl sites for hydroxylation is 1. The number of pyridine rings is 2. The van der Waals surface area contributed by atoms with Crippen molar-refractivity contribution in [2.75, 3.05) is 5.32 Å². The fourth-order valence-corrected chi connectivity index (χ4v) is 3.68. The first-order valence-electron chi connectivity index (χ1n) is 9.94. The Kier molecular flexibility index (Phi) is 4.46. The molecule has 5 aromatic rings. The molecule has 0 amide bonds. The van der Waals surface area contributed by atoms with E-state index in [1.807, 2.05) is 13.1 Å². The zero-order chi connectivity index (χ0) is 21.5. The largest absolute Gasteiger partial charge is 0.372 e. The van der Waals surface area contributed by atoms with Gasteiger partial charge in [-0.1, -0.05) is 13.8 Å². The summed E-state index contributed by atoms with van der Waals surface area (Å²) in [4.78, 5) is 36.9. The van der Waals surface area contributed by atoms with E-state index in [-0.39, 0.29) is 17.5 Å². The van der Waals surface area contributed by atoms with Gasteiger partial charge in [-0.25, -0.2) is 15.0 Å². The summed E-state index contributed by atoms with van der Waals surface area (Å²) in [6.07, 6.45) is 8.53. The fraction of sp³-hybridized carbons (Fsp3) is 0.238. The lowest BCUT2D eigenvalue weighted by atomic mass is 10.0. The first kappa shape index (κ1) is 18.9. The molecule has 31 heavy (non-hydrogen) atoms. The quantitative estimate of drug-likeness (QED) is 0.402. The van der Waals surface area contributed by atoms with Crippen LogP contribution >= 0.6 is 0 Å². The van der Waals surface area contributed by atoms with Crippen LogP contribution in [0.2, 0.25) is 0 Å². The Morgan fingerprint density at radius 3 is 2.65 bits per heavy atom. The van der Waals surface area contributed by atoms with Crippen molar-refractivity contribution in [2.45, 2.75) is 19.9 Å². The van der Waals surface area contributed by atoms with Crippen LogP contribution in [0.3, 0.4) is 0 Å². The molecule has 5 aromatic heterocycles. The molecule has 0 aliphatic rings. The second kappa shape index (κ2) is 7.31. The molecule has 0 saturated carbocycles. The third-order valence-electron chi connectivity index (χ3n) is 5.14. The molecule has 0 fully saturated rings. The minimum atomic E-state index is -0.272. The lowest BCUT2D eigenvalue weighted by Crippen LogP contribution is -2.22. The van der Waals surface area contributed by atoms with Crippen LogP contribution in [0.25, 0.3) is 33.5 Å². The van der Waals surface area contributed by atoms with E-state index in [2.05, 4.69) is 54.2 Å². The van der Waals surface area contributed by atoms with E-state index in [4.69, 9.17) is 0 Å². The number of H-pyrrole nitrogens is 2. The SMILES string of the molecule is CC(C)C(Nc1c(-c2nc3cnccc3[nH]2)c(=O)[nH]c2cn(C)nc12)c1ncccn1. The zero-order valence-electron chi connectivity index (χ0n) is 17.3. The van der Waals surface area contributed by atoms with Crippen molar-refractivity contribution < 1.29 is 0 Å². The Hall–Kier alpha value is -4.08. The summed E-state index contributed by atoms with van der Waals surface area (Å²) in [6, 6.07) is 3.36. The number of hydrogen-bond acceptors (Lipinski definition) is 7. The van der Waals surface area contributed by atoms with Gasteiger partial charge in [-0.2, -0.15) is 5.10 Å². The molecule has 156 valence electrons. The van der Waals surface area contributed by atoms with Gasteiger partial charge in [0.15, 0.2) is 5.82 Å². The molecule has 0 aromatic carbocycles. The third-order valence-corrected chi connectivity index (χ3v) is 5.14. The minimum absolute atomic E-state index is 0.146. The van der Waals surface area contributed by atoms with Crippen LogP contribution in [-0.2, 0) is 7.05 Å². The smallest absolute Gasteiger partial charge is 0.261 e. The summed E-state index contributed by atoms with van der Waals surface area (Å²) in [6.45, 7) is 4.15. The Labute approximate surface area is 176 Å². The van der Waals surface area contributed by atoms with Gasteiger partial charge < -0.3 is 15.3 Å². The molecule has 5 heterocycles. The van der Waals surface area contributed by atoms with Crippen molar-refractivity contribution >= 4 is 27.8 Å². The monoisotopic (exact) mass is 415 g/mol. The van der Waals surface area contributed by atoms with Crippen LogP contribution in [0.15, 0.2) is 47.9 Å². The maximum atomic E-state index is 13.2.